The van der Waals surface area contributed by atoms with Crippen molar-refractivity contribution in [3.63, 3.8) is 0 Å². The molecule has 1 heterocycles. The van der Waals surface area contributed by atoms with Crippen molar-refractivity contribution in [1.82, 2.24) is 4.90 Å². The van der Waals surface area contributed by atoms with Gasteiger partial charge in [-0.3, -0.25) is 4.79 Å². The molecule has 5 nitrogen and oxygen atoms in total. The van der Waals surface area contributed by atoms with E-state index in [1.807, 2.05) is 18.7 Å². The molecule has 1 saturated heterocycles. The first kappa shape index (κ1) is 20.8. The Labute approximate surface area is 159 Å². The quantitative estimate of drug-likeness (QED) is 0.768. The number of hydrogen-bond acceptors (Lipinski definition) is 5. The second-order valence-electron chi connectivity index (χ2n) is 5.84. The molecule has 10 heteroatoms. The van der Waals surface area contributed by atoms with Gasteiger partial charge >= 0.3 is 6.36 Å². The number of amides is 1. The predicted octanol–water partition coefficient (Wildman–Crippen LogP) is 3.65. The van der Waals surface area contributed by atoms with E-state index in [0.29, 0.717) is 23.1 Å². The first-order chi connectivity index (χ1) is 12.1. The summed E-state index contributed by atoms with van der Waals surface area (Å²) >= 11 is 6.60. The van der Waals surface area contributed by atoms with Crippen molar-refractivity contribution < 1.29 is 27.4 Å². The Morgan fingerprint density at radius 3 is 2.42 bits per heavy atom. The van der Waals surface area contributed by atoms with Gasteiger partial charge in [0.15, 0.2) is 0 Å². The molecule has 26 heavy (non-hydrogen) atoms. The molecule has 2 atom stereocenters. The average molecular weight is 408 g/mol. The summed E-state index contributed by atoms with van der Waals surface area (Å²) < 4.78 is 46.4. The van der Waals surface area contributed by atoms with E-state index < -0.39 is 6.36 Å². The molecular formula is C16H19F3N2O3S2. The number of alkyl halides is 3. The molecule has 1 N–H and O–H groups in total. The van der Waals surface area contributed by atoms with E-state index in [9.17, 15) is 18.0 Å². The van der Waals surface area contributed by atoms with E-state index in [1.54, 1.807) is 0 Å². The highest BCUT2D eigenvalue weighted by atomic mass is 32.2. The molecule has 2 rings (SSSR count). The standard InChI is InChI=1S/C16H19F3N2O3S2/c1-10-7-21(8-11(2)23-10)15(25)26-9-14(22)20-12-3-5-13(6-4-12)24-16(17,18)19/h3-6,10-11H,7-9H2,1-2H3,(H,20,22)/t10-,11+. The van der Waals surface area contributed by atoms with Crippen LogP contribution in [0.5, 0.6) is 5.75 Å². The lowest BCUT2D eigenvalue weighted by Crippen LogP contribution is -2.47. The second-order valence-corrected chi connectivity index (χ2v) is 7.45. The zero-order chi connectivity index (χ0) is 19.3. The highest BCUT2D eigenvalue weighted by Gasteiger charge is 2.31. The average Bonchev–Trinajstić information content (AvgIpc) is 2.52. The number of carbonyl (C=O) groups is 1. The summed E-state index contributed by atoms with van der Waals surface area (Å²) in [4.78, 5) is 14.0. The summed E-state index contributed by atoms with van der Waals surface area (Å²) in [7, 11) is 0. The van der Waals surface area contributed by atoms with Gasteiger partial charge in [0.2, 0.25) is 5.91 Å². The molecular weight excluding hydrogens is 389 g/mol. The topological polar surface area (TPSA) is 50.8 Å². The minimum atomic E-state index is -4.74. The third kappa shape index (κ3) is 7.00. The molecule has 0 radical (unpaired) electrons. The van der Waals surface area contributed by atoms with Crippen LogP contribution in [0, 0.1) is 0 Å². The van der Waals surface area contributed by atoms with Crippen molar-refractivity contribution >= 4 is 39.9 Å². The maximum atomic E-state index is 12.1. The molecule has 144 valence electrons. The van der Waals surface area contributed by atoms with Crippen molar-refractivity contribution in [2.24, 2.45) is 0 Å². The third-order valence-electron chi connectivity index (χ3n) is 3.38. The van der Waals surface area contributed by atoms with Gasteiger partial charge in [0.05, 0.1) is 18.0 Å². The summed E-state index contributed by atoms with van der Waals surface area (Å²) in [5, 5.41) is 2.61. The van der Waals surface area contributed by atoms with Crippen molar-refractivity contribution in [1.29, 1.82) is 0 Å². The number of hydrogen-bond donors (Lipinski definition) is 1. The summed E-state index contributed by atoms with van der Waals surface area (Å²) in [5.74, 6) is -0.530. The fourth-order valence-electron chi connectivity index (χ4n) is 2.48. The lowest BCUT2D eigenvalue weighted by atomic mass is 10.2. The monoisotopic (exact) mass is 408 g/mol. The van der Waals surface area contributed by atoms with E-state index in [1.165, 1.54) is 23.9 Å². The number of nitrogens with one attached hydrogen (secondary N) is 1. The van der Waals surface area contributed by atoms with Crippen LogP contribution < -0.4 is 10.1 Å². The van der Waals surface area contributed by atoms with Crippen LogP contribution in [-0.4, -0.2) is 52.5 Å². The summed E-state index contributed by atoms with van der Waals surface area (Å²) in [6.07, 6.45) is -4.60. The Morgan fingerprint density at radius 2 is 1.88 bits per heavy atom. The van der Waals surface area contributed by atoms with E-state index in [-0.39, 0.29) is 29.6 Å². The minimum absolute atomic E-state index is 0.0727. The van der Waals surface area contributed by atoms with Crippen molar-refractivity contribution in [2.45, 2.75) is 32.4 Å². The highest BCUT2D eigenvalue weighted by molar-refractivity contribution is 8.23. The molecule has 0 aliphatic carbocycles. The van der Waals surface area contributed by atoms with Crippen molar-refractivity contribution in [2.75, 3.05) is 24.2 Å². The van der Waals surface area contributed by atoms with Crippen molar-refractivity contribution in [3.8, 4) is 5.75 Å². The Kier molecular flexibility index (Phi) is 7.13. The Morgan fingerprint density at radius 1 is 1.31 bits per heavy atom. The van der Waals surface area contributed by atoms with Gasteiger partial charge in [-0.25, -0.2) is 0 Å². The summed E-state index contributed by atoms with van der Waals surface area (Å²) in [6, 6.07) is 4.95. The van der Waals surface area contributed by atoms with Gasteiger partial charge in [-0.2, -0.15) is 0 Å². The van der Waals surface area contributed by atoms with Crippen LogP contribution in [-0.2, 0) is 9.53 Å². The molecule has 1 aliphatic heterocycles. The molecule has 1 fully saturated rings. The first-order valence-corrected chi connectivity index (χ1v) is 9.24. The second kappa shape index (κ2) is 8.92. The zero-order valence-electron chi connectivity index (χ0n) is 14.2. The van der Waals surface area contributed by atoms with Gasteiger partial charge in [-0.1, -0.05) is 24.0 Å². The molecule has 1 amide bonds. The Hall–Kier alpha value is -1.52. The van der Waals surface area contributed by atoms with E-state index >= 15 is 0 Å². The van der Waals surface area contributed by atoms with E-state index in [4.69, 9.17) is 17.0 Å². The molecule has 0 aromatic heterocycles. The molecule has 0 unspecified atom stereocenters. The SMILES string of the molecule is C[C@@H]1CN(C(=S)SCC(=O)Nc2ccc(OC(F)(F)F)cc2)C[C@H](C)O1. The zero-order valence-corrected chi connectivity index (χ0v) is 15.8. The van der Waals surface area contributed by atoms with Crippen LogP contribution in [0.25, 0.3) is 0 Å². The maximum Gasteiger partial charge on any atom is 0.573 e. The number of nitrogens with zero attached hydrogens (tertiary/aromatic N) is 1. The van der Waals surface area contributed by atoms with Gasteiger partial charge < -0.3 is 19.7 Å². The fraction of sp³-hybridized carbons (Fsp3) is 0.500. The van der Waals surface area contributed by atoms with Crippen LogP contribution in [0.1, 0.15) is 13.8 Å². The lowest BCUT2D eigenvalue weighted by Gasteiger charge is -2.36. The van der Waals surface area contributed by atoms with E-state index in [0.717, 1.165) is 12.1 Å². The lowest BCUT2D eigenvalue weighted by molar-refractivity contribution is -0.274. The van der Waals surface area contributed by atoms with Crippen molar-refractivity contribution in [3.05, 3.63) is 24.3 Å². The number of anilines is 1. The third-order valence-corrected chi connectivity index (χ3v) is 4.90. The fourth-order valence-corrected chi connectivity index (χ4v) is 3.47. The number of morpholine rings is 1. The first-order valence-electron chi connectivity index (χ1n) is 7.85. The number of halogens is 3. The summed E-state index contributed by atoms with van der Waals surface area (Å²) in [5.41, 5.74) is 0.379. The molecule has 1 aromatic carbocycles. The van der Waals surface area contributed by atoms with Gasteiger partial charge in [-0.05, 0) is 38.1 Å². The molecule has 0 spiro atoms. The Balaban J connectivity index is 1.78. The van der Waals surface area contributed by atoms with E-state index in [2.05, 4.69) is 10.1 Å². The highest BCUT2D eigenvalue weighted by Crippen LogP contribution is 2.24. The normalized spacial score (nSPS) is 20.6. The smallest absolute Gasteiger partial charge is 0.406 e. The number of rotatable bonds is 4. The molecule has 1 aliphatic rings. The van der Waals surface area contributed by atoms with Gasteiger partial charge in [0, 0.05) is 18.8 Å². The molecule has 1 aromatic rings. The number of carbonyl (C=O) groups excluding carboxylic acids is 1. The molecule has 0 bridgehead atoms. The van der Waals surface area contributed by atoms with Crippen LogP contribution >= 0.6 is 24.0 Å². The summed E-state index contributed by atoms with van der Waals surface area (Å²) in [6.45, 7) is 5.29. The van der Waals surface area contributed by atoms with Crippen LogP contribution in [0.4, 0.5) is 18.9 Å². The van der Waals surface area contributed by atoms with Crippen LogP contribution in [0.15, 0.2) is 24.3 Å². The molecule has 0 saturated carbocycles. The number of benzene rings is 1. The van der Waals surface area contributed by atoms with Gasteiger partial charge in [0.1, 0.15) is 10.1 Å². The van der Waals surface area contributed by atoms with Crippen LogP contribution in [0.2, 0.25) is 0 Å². The van der Waals surface area contributed by atoms with Gasteiger partial charge in [0.25, 0.3) is 0 Å². The largest absolute Gasteiger partial charge is 0.573 e. The minimum Gasteiger partial charge on any atom is -0.406 e. The number of ether oxygens (including phenoxy) is 2. The number of thioether (sulfide) groups is 1. The number of thiocarbonyl (C=S) groups is 1. The van der Waals surface area contributed by atoms with Gasteiger partial charge in [-0.15, -0.1) is 13.2 Å². The Bertz CT molecular complexity index is 631. The predicted molar refractivity (Wildman–Crippen MR) is 98.4 cm³/mol. The van der Waals surface area contributed by atoms with Crippen LogP contribution in [0.3, 0.4) is 0 Å². The maximum absolute atomic E-state index is 12.1.